The van der Waals surface area contributed by atoms with Crippen LogP contribution in [0.1, 0.15) is 24.2 Å². The van der Waals surface area contributed by atoms with Gasteiger partial charge in [0.15, 0.2) is 11.5 Å². The lowest BCUT2D eigenvalue weighted by Gasteiger charge is -2.13. The second-order valence-electron chi connectivity index (χ2n) is 7.40. The Hall–Kier alpha value is -2.91. The molecule has 3 aromatic rings. The summed E-state index contributed by atoms with van der Waals surface area (Å²) in [6.45, 7) is 2.11. The Morgan fingerprint density at radius 3 is 2.42 bits per heavy atom. The Kier molecular flexibility index (Phi) is 8.10. The van der Waals surface area contributed by atoms with Gasteiger partial charge < -0.3 is 20.3 Å². The number of hydrogen-bond acceptors (Lipinski definition) is 7. The number of carbonyl (C=O) groups excluding carboxylic acids is 1. The van der Waals surface area contributed by atoms with Crippen molar-refractivity contribution in [3.8, 4) is 11.5 Å². The van der Waals surface area contributed by atoms with Gasteiger partial charge in [0.25, 0.3) is 0 Å². The number of halogens is 1. The SMILES string of the molecule is CC(=O)Oc1cc(S(=O)(=O)c2ccc(CCNC[C@@H](O)c3cccc(Cl)c3)cc2)ccc1O. The van der Waals surface area contributed by atoms with Gasteiger partial charge in [0.2, 0.25) is 9.84 Å². The van der Waals surface area contributed by atoms with E-state index >= 15 is 0 Å². The molecule has 3 rings (SSSR count). The smallest absolute Gasteiger partial charge is 0.308 e. The average Bonchev–Trinajstić information content (AvgIpc) is 2.78. The van der Waals surface area contributed by atoms with Gasteiger partial charge in [0, 0.05) is 24.6 Å². The van der Waals surface area contributed by atoms with Crippen molar-refractivity contribution in [3.05, 3.63) is 82.9 Å². The summed E-state index contributed by atoms with van der Waals surface area (Å²) in [6, 6.07) is 17.0. The molecule has 0 saturated carbocycles. The molecule has 0 spiro atoms. The predicted octanol–water partition coefficient (Wildman–Crippen LogP) is 3.67. The van der Waals surface area contributed by atoms with Crippen LogP contribution in [0.15, 0.2) is 76.5 Å². The Morgan fingerprint density at radius 1 is 1.06 bits per heavy atom. The standard InChI is InChI=1S/C24H24ClNO6S/c1-16(27)32-24-14-21(9-10-22(24)28)33(30,31)20-7-5-17(6-8-20)11-12-26-15-23(29)18-3-2-4-19(25)13-18/h2-10,13-14,23,26,28-29H,11-12,15H2,1H3/t23-/m1/s1. The minimum absolute atomic E-state index is 0.0788. The van der Waals surface area contributed by atoms with Crippen molar-refractivity contribution in [2.75, 3.05) is 13.1 Å². The van der Waals surface area contributed by atoms with Gasteiger partial charge in [0.05, 0.1) is 15.9 Å². The first-order chi connectivity index (χ1) is 15.7. The summed E-state index contributed by atoms with van der Waals surface area (Å²) in [5, 5.41) is 23.7. The molecule has 3 N–H and O–H groups in total. The van der Waals surface area contributed by atoms with E-state index in [-0.39, 0.29) is 21.3 Å². The molecule has 174 valence electrons. The largest absolute Gasteiger partial charge is 0.504 e. The molecule has 33 heavy (non-hydrogen) atoms. The van der Waals surface area contributed by atoms with Crippen LogP contribution >= 0.6 is 11.6 Å². The van der Waals surface area contributed by atoms with Crippen LogP contribution in [0.25, 0.3) is 0 Å². The highest BCUT2D eigenvalue weighted by Crippen LogP contribution is 2.31. The number of nitrogens with one attached hydrogen (secondary N) is 1. The predicted molar refractivity (Wildman–Crippen MR) is 124 cm³/mol. The Balaban J connectivity index is 1.60. The molecule has 0 amide bonds. The van der Waals surface area contributed by atoms with Crippen LogP contribution in [0.5, 0.6) is 11.5 Å². The maximum Gasteiger partial charge on any atom is 0.308 e. The molecule has 0 aliphatic carbocycles. The van der Waals surface area contributed by atoms with E-state index < -0.39 is 21.9 Å². The molecule has 0 bridgehead atoms. The van der Waals surface area contributed by atoms with Gasteiger partial charge in [-0.3, -0.25) is 4.79 Å². The zero-order valence-corrected chi connectivity index (χ0v) is 19.4. The van der Waals surface area contributed by atoms with Crippen molar-refractivity contribution in [3.63, 3.8) is 0 Å². The van der Waals surface area contributed by atoms with Crippen molar-refractivity contribution < 1.29 is 28.2 Å². The first-order valence-electron chi connectivity index (χ1n) is 10.2. The molecular formula is C24H24ClNO6S. The number of ether oxygens (including phenoxy) is 1. The third-order valence-corrected chi connectivity index (χ3v) is 6.89. The molecule has 0 aliphatic heterocycles. The summed E-state index contributed by atoms with van der Waals surface area (Å²) in [4.78, 5) is 11.1. The van der Waals surface area contributed by atoms with Gasteiger partial charge in [-0.25, -0.2) is 8.42 Å². The molecular weight excluding hydrogens is 466 g/mol. The van der Waals surface area contributed by atoms with Crippen LogP contribution in [0, 0.1) is 0 Å². The summed E-state index contributed by atoms with van der Waals surface area (Å²) in [5.41, 5.74) is 1.65. The van der Waals surface area contributed by atoms with E-state index in [2.05, 4.69) is 5.32 Å². The van der Waals surface area contributed by atoms with E-state index in [0.29, 0.717) is 24.5 Å². The van der Waals surface area contributed by atoms with Gasteiger partial charge in [-0.1, -0.05) is 35.9 Å². The average molecular weight is 490 g/mol. The van der Waals surface area contributed by atoms with Crippen molar-refractivity contribution in [1.29, 1.82) is 0 Å². The second-order valence-corrected chi connectivity index (χ2v) is 9.78. The van der Waals surface area contributed by atoms with Crippen LogP contribution < -0.4 is 10.1 Å². The van der Waals surface area contributed by atoms with E-state index in [1.807, 2.05) is 0 Å². The maximum absolute atomic E-state index is 12.9. The fourth-order valence-electron chi connectivity index (χ4n) is 3.17. The van der Waals surface area contributed by atoms with E-state index in [9.17, 15) is 23.4 Å². The molecule has 0 saturated heterocycles. The lowest BCUT2D eigenvalue weighted by molar-refractivity contribution is -0.132. The summed E-state index contributed by atoms with van der Waals surface area (Å²) in [7, 11) is -3.86. The van der Waals surface area contributed by atoms with Gasteiger partial charge in [-0.05, 0) is 60.5 Å². The number of aliphatic hydroxyl groups excluding tert-OH is 1. The van der Waals surface area contributed by atoms with Crippen molar-refractivity contribution in [1.82, 2.24) is 5.32 Å². The first-order valence-corrected chi connectivity index (χ1v) is 12.0. The van der Waals surface area contributed by atoms with Crippen LogP contribution in [-0.4, -0.2) is 37.7 Å². The second kappa shape index (κ2) is 10.8. The number of aliphatic hydroxyl groups is 1. The lowest BCUT2D eigenvalue weighted by atomic mass is 10.1. The molecule has 0 heterocycles. The van der Waals surface area contributed by atoms with Crippen LogP contribution in [0.4, 0.5) is 0 Å². The number of sulfone groups is 1. The number of esters is 1. The molecule has 0 unspecified atom stereocenters. The van der Waals surface area contributed by atoms with Crippen molar-refractivity contribution >= 4 is 27.4 Å². The third kappa shape index (κ3) is 6.55. The van der Waals surface area contributed by atoms with E-state index in [0.717, 1.165) is 24.1 Å². The molecule has 9 heteroatoms. The van der Waals surface area contributed by atoms with E-state index in [1.165, 1.54) is 24.3 Å². The number of carbonyl (C=O) groups is 1. The molecule has 0 aliphatic rings. The molecule has 3 aromatic carbocycles. The monoisotopic (exact) mass is 489 g/mol. The highest BCUT2D eigenvalue weighted by Gasteiger charge is 2.20. The van der Waals surface area contributed by atoms with Crippen LogP contribution in [0.2, 0.25) is 5.02 Å². The maximum atomic E-state index is 12.9. The Morgan fingerprint density at radius 2 is 1.76 bits per heavy atom. The highest BCUT2D eigenvalue weighted by atomic mass is 35.5. The van der Waals surface area contributed by atoms with E-state index in [4.69, 9.17) is 16.3 Å². The molecule has 0 aromatic heterocycles. The minimum Gasteiger partial charge on any atom is -0.504 e. The number of benzene rings is 3. The molecule has 0 radical (unpaired) electrons. The summed E-state index contributed by atoms with van der Waals surface area (Å²) >= 11 is 5.94. The summed E-state index contributed by atoms with van der Waals surface area (Å²) < 4.78 is 30.7. The minimum atomic E-state index is -3.86. The van der Waals surface area contributed by atoms with Crippen molar-refractivity contribution in [2.24, 2.45) is 0 Å². The third-order valence-electron chi connectivity index (χ3n) is 4.89. The number of hydrogen-bond donors (Lipinski definition) is 3. The van der Waals surface area contributed by atoms with Gasteiger partial charge in [0.1, 0.15) is 0 Å². The molecule has 0 fully saturated rings. The van der Waals surface area contributed by atoms with Crippen LogP contribution in [0.3, 0.4) is 0 Å². The van der Waals surface area contributed by atoms with Crippen molar-refractivity contribution in [2.45, 2.75) is 29.2 Å². The summed E-state index contributed by atoms with van der Waals surface area (Å²) in [6.07, 6.45) is -0.0447. The van der Waals surface area contributed by atoms with Gasteiger partial charge in [-0.2, -0.15) is 0 Å². The normalized spacial score (nSPS) is 12.3. The number of phenols is 1. The van der Waals surface area contributed by atoms with Crippen LogP contribution in [-0.2, 0) is 21.1 Å². The van der Waals surface area contributed by atoms with Gasteiger partial charge in [-0.15, -0.1) is 0 Å². The lowest BCUT2D eigenvalue weighted by Crippen LogP contribution is -2.23. The highest BCUT2D eigenvalue weighted by molar-refractivity contribution is 7.91. The number of phenolic OH excluding ortho intramolecular Hbond substituents is 1. The fraction of sp³-hybridized carbons (Fsp3) is 0.208. The fourth-order valence-corrected chi connectivity index (χ4v) is 4.65. The Labute approximate surface area is 197 Å². The molecule has 7 nitrogen and oxygen atoms in total. The summed E-state index contributed by atoms with van der Waals surface area (Å²) in [5.74, 6) is -1.21. The topological polar surface area (TPSA) is 113 Å². The first kappa shape index (κ1) is 24.7. The zero-order valence-electron chi connectivity index (χ0n) is 17.9. The number of rotatable bonds is 9. The quantitative estimate of drug-likeness (QED) is 0.239. The van der Waals surface area contributed by atoms with Gasteiger partial charge >= 0.3 is 5.97 Å². The molecule has 1 atom stereocenters. The Bertz CT molecular complexity index is 1230. The number of aromatic hydroxyl groups is 1. The zero-order chi connectivity index (χ0) is 24.0. The van der Waals surface area contributed by atoms with E-state index in [1.54, 1.807) is 36.4 Å².